The Bertz CT molecular complexity index is 445. The highest BCUT2D eigenvalue weighted by molar-refractivity contribution is 5.56. The van der Waals surface area contributed by atoms with Crippen LogP contribution in [0.3, 0.4) is 0 Å². The van der Waals surface area contributed by atoms with Gasteiger partial charge in [-0.3, -0.25) is 0 Å². The van der Waals surface area contributed by atoms with Gasteiger partial charge in [0.25, 0.3) is 0 Å². The van der Waals surface area contributed by atoms with Crippen molar-refractivity contribution in [3.8, 4) is 0 Å². The summed E-state index contributed by atoms with van der Waals surface area (Å²) >= 11 is 0. The number of piperidine rings is 1. The van der Waals surface area contributed by atoms with Crippen molar-refractivity contribution in [2.75, 3.05) is 11.4 Å². The molecule has 0 aromatic heterocycles. The Morgan fingerprint density at radius 3 is 2.80 bits per heavy atom. The SMILES string of the molecule is CC(C)NCc1cccc(F)c1N1CCCC(C)C1C. The molecule has 0 saturated carbocycles. The number of nitrogens with zero attached hydrogens (tertiary/aromatic N) is 1. The standard InChI is InChI=1S/C17H27FN2/c1-12(2)19-11-15-8-5-9-16(18)17(15)20-10-6-7-13(3)14(20)4/h5,8-9,12-14,19H,6-7,10-11H2,1-4H3. The Kier molecular flexibility index (Phi) is 5.03. The topological polar surface area (TPSA) is 15.3 Å². The molecule has 1 aromatic rings. The zero-order valence-electron chi connectivity index (χ0n) is 13.1. The van der Waals surface area contributed by atoms with Crippen LogP contribution in [-0.4, -0.2) is 18.6 Å². The van der Waals surface area contributed by atoms with Gasteiger partial charge in [-0.25, -0.2) is 4.39 Å². The van der Waals surface area contributed by atoms with Crippen molar-refractivity contribution in [3.63, 3.8) is 0 Å². The second-order valence-corrected chi connectivity index (χ2v) is 6.34. The molecule has 2 rings (SSSR count). The Balaban J connectivity index is 2.29. The van der Waals surface area contributed by atoms with Crippen LogP contribution >= 0.6 is 0 Å². The number of rotatable bonds is 4. The molecule has 0 bridgehead atoms. The van der Waals surface area contributed by atoms with E-state index in [2.05, 4.69) is 37.9 Å². The van der Waals surface area contributed by atoms with Gasteiger partial charge in [-0.05, 0) is 37.3 Å². The Morgan fingerprint density at radius 1 is 1.35 bits per heavy atom. The van der Waals surface area contributed by atoms with Crippen molar-refractivity contribution in [1.82, 2.24) is 5.32 Å². The number of halogens is 1. The van der Waals surface area contributed by atoms with Crippen molar-refractivity contribution in [2.45, 2.75) is 59.2 Å². The van der Waals surface area contributed by atoms with E-state index in [1.807, 2.05) is 12.1 Å². The van der Waals surface area contributed by atoms with Crippen molar-refractivity contribution >= 4 is 5.69 Å². The highest BCUT2D eigenvalue weighted by Crippen LogP contribution is 2.32. The molecule has 112 valence electrons. The van der Waals surface area contributed by atoms with Gasteiger partial charge in [0.1, 0.15) is 5.82 Å². The molecule has 1 saturated heterocycles. The van der Waals surface area contributed by atoms with Crippen LogP contribution in [0, 0.1) is 11.7 Å². The third kappa shape index (κ3) is 3.32. The fourth-order valence-corrected chi connectivity index (χ4v) is 2.99. The highest BCUT2D eigenvalue weighted by atomic mass is 19.1. The molecule has 0 amide bonds. The lowest BCUT2D eigenvalue weighted by molar-refractivity contribution is 0.359. The van der Waals surface area contributed by atoms with Crippen molar-refractivity contribution in [1.29, 1.82) is 0 Å². The predicted molar refractivity (Wildman–Crippen MR) is 83.6 cm³/mol. The first-order chi connectivity index (χ1) is 9.50. The summed E-state index contributed by atoms with van der Waals surface area (Å²) in [4.78, 5) is 2.26. The van der Waals surface area contributed by atoms with Gasteiger partial charge in [0.15, 0.2) is 0 Å². The first-order valence-corrected chi connectivity index (χ1v) is 7.78. The smallest absolute Gasteiger partial charge is 0.146 e. The summed E-state index contributed by atoms with van der Waals surface area (Å²) in [7, 11) is 0. The van der Waals surface area contributed by atoms with E-state index in [-0.39, 0.29) is 5.82 Å². The van der Waals surface area contributed by atoms with Crippen LogP contribution in [0.5, 0.6) is 0 Å². The maximum atomic E-state index is 14.4. The van der Waals surface area contributed by atoms with Crippen molar-refractivity contribution in [2.24, 2.45) is 5.92 Å². The lowest BCUT2D eigenvalue weighted by atomic mass is 9.91. The lowest BCUT2D eigenvalue weighted by Gasteiger charge is -2.40. The Morgan fingerprint density at radius 2 is 2.10 bits per heavy atom. The van der Waals surface area contributed by atoms with Crippen LogP contribution in [-0.2, 0) is 6.54 Å². The second kappa shape index (κ2) is 6.57. The van der Waals surface area contributed by atoms with E-state index < -0.39 is 0 Å². The van der Waals surface area contributed by atoms with Crippen LogP contribution in [0.4, 0.5) is 10.1 Å². The summed E-state index contributed by atoms with van der Waals surface area (Å²) in [5.74, 6) is 0.531. The molecule has 1 N–H and O–H groups in total. The summed E-state index contributed by atoms with van der Waals surface area (Å²) in [6.07, 6.45) is 2.39. The summed E-state index contributed by atoms with van der Waals surface area (Å²) in [6, 6.07) is 6.25. The maximum Gasteiger partial charge on any atom is 0.146 e. The molecule has 20 heavy (non-hydrogen) atoms. The van der Waals surface area contributed by atoms with E-state index >= 15 is 0 Å². The number of hydrogen-bond acceptors (Lipinski definition) is 2. The maximum absolute atomic E-state index is 14.4. The number of nitrogens with one attached hydrogen (secondary N) is 1. The van der Waals surface area contributed by atoms with E-state index in [0.29, 0.717) is 18.0 Å². The molecule has 2 atom stereocenters. The summed E-state index contributed by atoms with van der Waals surface area (Å²) in [5, 5.41) is 3.40. The fourth-order valence-electron chi connectivity index (χ4n) is 2.99. The van der Waals surface area contributed by atoms with Crippen LogP contribution < -0.4 is 10.2 Å². The minimum Gasteiger partial charge on any atom is -0.366 e. The normalized spacial score (nSPS) is 23.4. The number of anilines is 1. The van der Waals surface area contributed by atoms with E-state index in [0.717, 1.165) is 30.8 Å². The minimum absolute atomic E-state index is 0.0889. The second-order valence-electron chi connectivity index (χ2n) is 6.34. The number of benzene rings is 1. The molecule has 1 fully saturated rings. The van der Waals surface area contributed by atoms with Crippen LogP contribution in [0.15, 0.2) is 18.2 Å². The summed E-state index contributed by atoms with van der Waals surface area (Å²) < 4.78 is 14.4. The molecule has 0 spiro atoms. The van der Waals surface area contributed by atoms with Crippen LogP contribution in [0.1, 0.15) is 46.1 Å². The van der Waals surface area contributed by atoms with Crippen LogP contribution in [0.2, 0.25) is 0 Å². The lowest BCUT2D eigenvalue weighted by Crippen LogP contribution is -2.43. The predicted octanol–water partition coefficient (Wildman–Crippen LogP) is 3.95. The van der Waals surface area contributed by atoms with Gasteiger partial charge in [0, 0.05) is 25.2 Å². The van der Waals surface area contributed by atoms with Gasteiger partial charge < -0.3 is 10.2 Å². The van der Waals surface area contributed by atoms with Gasteiger partial charge in [0.05, 0.1) is 5.69 Å². The molecule has 0 aliphatic carbocycles. The average Bonchev–Trinajstić information content (AvgIpc) is 2.40. The quantitative estimate of drug-likeness (QED) is 0.897. The molecular formula is C17H27FN2. The van der Waals surface area contributed by atoms with Crippen molar-refractivity contribution < 1.29 is 4.39 Å². The molecule has 0 radical (unpaired) electrons. The highest BCUT2D eigenvalue weighted by Gasteiger charge is 2.28. The number of para-hydroxylation sites is 1. The molecule has 3 heteroatoms. The van der Waals surface area contributed by atoms with E-state index in [1.165, 1.54) is 6.42 Å². The molecule has 1 aromatic carbocycles. The zero-order chi connectivity index (χ0) is 14.7. The largest absolute Gasteiger partial charge is 0.366 e. The molecule has 2 nitrogen and oxygen atoms in total. The van der Waals surface area contributed by atoms with Gasteiger partial charge in [-0.15, -0.1) is 0 Å². The van der Waals surface area contributed by atoms with E-state index in [4.69, 9.17) is 0 Å². The van der Waals surface area contributed by atoms with Gasteiger partial charge in [0.2, 0.25) is 0 Å². The van der Waals surface area contributed by atoms with Crippen LogP contribution in [0.25, 0.3) is 0 Å². The Labute approximate surface area is 122 Å². The molecule has 2 unspecified atom stereocenters. The third-order valence-electron chi connectivity index (χ3n) is 4.43. The molecular weight excluding hydrogens is 251 g/mol. The number of hydrogen-bond donors (Lipinski definition) is 1. The monoisotopic (exact) mass is 278 g/mol. The Hall–Kier alpha value is -1.09. The summed E-state index contributed by atoms with van der Waals surface area (Å²) in [5.41, 5.74) is 1.87. The first-order valence-electron chi connectivity index (χ1n) is 7.78. The average molecular weight is 278 g/mol. The summed E-state index contributed by atoms with van der Waals surface area (Å²) in [6.45, 7) is 10.4. The zero-order valence-corrected chi connectivity index (χ0v) is 13.1. The van der Waals surface area contributed by atoms with Gasteiger partial charge in [-0.1, -0.05) is 32.9 Å². The van der Waals surface area contributed by atoms with Gasteiger partial charge >= 0.3 is 0 Å². The van der Waals surface area contributed by atoms with E-state index in [9.17, 15) is 4.39 Å². The fraction of sp³-hybridized carbons (Fsp3) is 0.647. The van der Waals surface area contributed by atoms with Gasteiger partial charge in [-0.2, -0.15) is 0 Å². The molecule has 1 heterocycles. The van der Waals surface area contributed by atoms with Crippen molar-refractivity contribution in [3.05, 3.63) is 29.6 Å². The minimum atomic E-state index is -0.0889. The third-order valence-corrected chi connectivity index (χ3v) is 4.43. The van der Waals surface area contributed by atoms with E-state index in [1.54, 1.807) is 6.07 Å². The molecule has 1 aliphatic rings. The first kappa shape index (κ1) is 15.3. The molecule has 1 aliphatic heterocycles.